The molecule has 0 spiro atoms. The maximum atomic E-state index is 7.88. The van der Waals surface area contributed by atoms with Crippen LogP contribution in [0.15, 0.2) is 0 Å². The van der Waals surface area contributed by atoms with E-state index in [0.29, 0.717) is 6.61 Å². The van der Waals surface area contributed by atoms with Crippen molar-refractivity contribution in [2.75, 3.05) is 6.61 Å². The molecule has 8 heavy (non-hydrogen) atoms. The van der Waals surface area contributed by atoms with Crippen LogP contribution >= 0.6 is 0 Å². The zero-order valence-corrected chi connectivity index (χ0v) is 6.28. The number of aliphatic hydroxyl groups is 1. The van der Waals surface area contributed by atoms with Crippen molar-refractivity contribution in [2.24, 2.45) is 0 Å². The third kappa shape index (κ3) is 169. The standard InChI is InChI=1S/C3H8O.C3H8.H3N/c1-2-3-4;1-3-2;/h4H,2-3H2,1H3;3H2,1-2H3;1H3. The molecule has 0 aromatic rings. The average Bonchev–Trinajstić information content (AvgIpc) is 1.69. The lowest BCUT2D eigenvalue weighted by Crippen LogP contribution is -1.69. The van der Waals surface area contributed by atoms with E-state index in [9.17, 15) is 0 Å². The van der Waals surface area contributed by atoms with Crippen molar-refractivity contribution in [1.29, 1.82) is 0 Å². The van der Waals surface area contributed by atoms with Gasteiger partial charge in [-0.2, -0.15) is 0 Å². The van der Waals surface area contributed by atoms with E-state index in [-0.39, 0.29) is 6.15 Å². The molecule has 0 unspecified atom stereocenters. The number of hydrogen-bond acceptors (Lipinski definition) is 2. The highest BCUT2D eigenvalue weighted by Crippen LogP contribution is 1.61. The maximum Gasteiger partial charge on any atom is 0.0428 e. The van der Waals surface area contributed by atoms with E-state index in [1.807, 2.05) is 6.92 Å². The Bertz CT molecular complexity index is 16.0. The summed E-state index contributed by atoms with van der Waals surface area (Å²) < 4.78 is 0. The molecule has 0 atom stereocenters. The van der Waals surface area contributed by atoms with Crippen LogP contribution < -0.4 is 6.15 Å². The minimum Gasteiger partial charge on any atom is -0.396 e. The second-order valence-electron chi connectivity index (χ2n) is 1.43. The molecular formula is C6H19NO. The first-order chi connectivity index (χ1) is 3.33. The highest BCUT2D eigenvalue weighted by Gasteiger charge is 1.57. The molecule has 2 heteroatoms. The fraction of sp³-hybridized carbons (Fsp3) is 1.00. The van der Waals surface area contributed by atoms with E-state index in [1.54, 1.807) is 0 Å². The van der Waals surface area contributed by atoms with Crippen LogP contribution in [0.25, 0.3) is 0 Å². The lowest BCUT2D eigenvalue weighted by atomic mass is 10.5. The highest BCUT2D eigenvalue weighted by atomic mass is 16.2. The van der Waals surface area contributed by atoms with Crippen molar-refractivity contribution in [3.63, 3.8) is 0 Å². The molecule has 0 aliphatic carbocycles. The summed E-state index contributed by atoms with van der Waals surface area (Å²) in [5.74, 6) is 0. The van der Waals surface area contributed by atoms with Gasteiger partial charge in [-0.25, -0.2) is 0 Å². The van der Waals surface area contributed by atoms with Gasteiger partial charge >= 0.3 is 0 Å². The van der Waals surface area contributed by atoms with Crippen molar-refractivity contribution < 1.29 is 5.11 Å². The summed E-state index contributed by atoms with van der Waals surface area (Å²) >= 11 is 0. The molecule has 0 aromatic carbocycles. The van der Waals surface area contributed by atoms with Gasteiger partial charge in [0.2, 0.25) is 0 Å². The van der Waals surface area contributed by atoms with E-state index in [4.69, 9.17) is 5.11 Å². The molecule has 0 amide bonds. The van der Waals surface area contributed by atoms with Crippen molar-refractivity contribution in [3.05, 3.63) is 0 Å². The molecule has 0 fully saturated rings. The van der Waals surface area contributed by atoms with Crippen LogP contribution in [-0.4, -0.2) is 11.7 Å². The van der Waals surface area contributed by atoms with Gasteiger partial charge in [0.25, 0.3) is 0 Å². The van der Waals surface area contributed by atoms with E-state index in [0.717, 1.165) is 6.42 Å². The number of rotatable bonds is 1. The lowest BCUT2D eigenvalue weighted by molar-refractivity contribution is 0.295. The van der Waals surface area contributed by atoms with Crippen LogP contribution in [0.3, 0.4) is 0 Å². The van der Waals surface area contributed by atoms with Crippen molar-refractivity contribution in [1.82, 2.24) is 6.15 Å². The summed E-state index contributed by atoms with van der Waals surface area (Å²) in [7, 11) is 0. The number of hydrogen-bond donors (Lipinski definition) is 2. The molecule has 0 bridgehead atoms. The summed E-state index contributed by atoms with van der Waals surface area (Å²) in [4.78, 5) is 0. The van der Waals surface area contributed by atoms with Crippen LogP contribution in [-0.2, 0) is 0 Å². The van der Waals surface area contributed by atoms with Crippen molar-refractivity contribution in [3.8, 4) is 0 Å². The molecule has 0 aliphatic rings. The van der Waals surface area contributed by atoms with Gasteiger partial charge in [-0.1, -0.05) is 27.2 Å². The zero-order chi connectivity index (χ0) is 6.12. The molecule has 2 nitrogen and oxygen atoms in total. The van der Waals surface area contributed by atoms with Crippen LogP contribution in [0.4, 0.5) is 0 Å². The maximum absolute atomic E-state index is 7.88. The van der Waals surface area contributed by atoms with Gasteiger partial charge in [0, 0.05) is 6.61 Å². The molecule has 0 aliphatic heterocycles. The smallest absolute Gasteiger partial charge is 0.0428 e. The summed E-state index contributed by atoms with van der Waals surface area (Å²) in [6, 6.07) is 0. The number of aliphatic hydroxyl groups excluding tert-OH is 1. The summed E-state index contributed by atoms with van der Waals surface area (Å²) in [6.07, 6.45) is 2.12. The van der Waals surface area contributed by atoms with Gasteiger partial charge < -0.3 is 11.3 Å². The quantitative estimate of drug-likeness (QED) is 0.557. The Hall–Kier alpha value is -0.0800. The van der Waals surface area contributed by atoms with E-state index in [2.05, 4.69) is 13.8 Å². The minimum absolute atomic E-state index is 0. The first-order valence-electron chi connectivity index (χ1n) is 2.94. The Morgan fingerprint density at radius 2 is 1.25 bits per heavy atom. The predicted molar refractivity (Wildman–Crippen MR) is 38.4 cm³/mol. The molecule has 0 saturated heterocycles. The Balaban J connectivity index is -0.0000000575. The largest absolute Gasteiger partial charge is 0.396 e. The van der Waals surface area contributed by atoms with E-state index in [1.165, 1.54) is 6.42 Å². The van der Waals surface area contributed by atoms with Gasteiger partial charge in [-0.15, -0.1) is 0 Å². The fourth-order valence-corrected chi connectivity index (χ4v) is 0. The Kier molecular flexibility index (Phi) is 55.7. The van der Waals surface area contributed by atoms with Crippen LogP contribution in [0.5, 0.6) is 0 Å². The zero-order valence-electron chi connectivity index (χ0n) is 6.28. The summed E-state index contributed by atoms with van der Waals surface area (Å²) in [6.45, 7) is 6.50. The fourth-order valence-electron chi connectivity index (χ4n) is 0. The monoisotopic (exact) mass is 121 g/mol. The highest BCUT2D eigenvalue weighted by molar-refractivity contribution is 4.10. The molecule has 4 N–H and O–H groups in total. The van der Waals surface area contributed by atoms with Crippen molar-refractivity contribution in [2.45, 2.75) is 33.6 Å². The van der Waals surface area contributed by atoms with E-state index >= 15 is 0 Å². The van der Waals surface area contributed by atoms with Gasteiger partial charge in [-0.3, -0.25) is 0 Å². The Morgan fingerprint density at radius 1 is 1.12 bits per heavy atom. The normalized spacial score (nSPS) is 6.00. The van der Waals surface area contributed by atoms with Gasteiger partial charge in [0.1, 0.15) is 0 Å². The Labute approximate surface area is 52.5 Å². The first kappa shape index (κ1) is 15.7. The van der Waals surface area contributed by atoms with Crippen LogP contribution in [0.2, 0.25) is 0 Å². The topological polar surface area (TPSA) is 55.2 Å². The molecule has 0 heterocycles. The minimum atomic E-state index is 0. The van der Waals surface area contributed by atoms with Crippen molar-refractivity contribution >= 4 is 0 Å². The Morgan fingerprint density at radius 3 is 1.25 bits per heavy atom. The molecule has 0 rings (SSSR count). The molecular weight excluding hydrogens is 102 g/mol. The summed E-state index contributed by atoms with van der Waals surface area (Å²) in [5, 5.41) is 7.88. The average molecular weight is 121 g/mol. The third-order valence-electron chi connectivity index (χ3n) is 0.224. The van der Waals surface area contributed by atoms with E-state index < -0.39 is 0 Å². The second kappa shape index (κ2) is 28.4. The molecule has 54 valence electrons. The lowest BCUT2D eigenvalue weighted by Gasteiger charge is -1.69. The summed E-state index contributed by atoms with van der Waals surface area (Å²) in [5.41, 5.74) is 0. The third-order valence-corrected chi connectivity index (χ3v) is 0.224. The molecule has 0 saturated carbocycles. The molecule has 0 aromatic heterocycles. The first-order valence-corrected chi connectivity index (χ1v) is 2.94. The molecule has 0 radical (unpaired) electrons. The second-order valence-corrected chi connectivity index (χ2v) is 1.43. The van der Waals surface area contributed by atoms with Crippen LogP contribution in [0, 0.1) is 0 Å². The van der Waals surface area contributed by atoms with Crippen LogP contribution in [0.1, 0.15) is 33.6 Å². The predicted octanol–water partition coefficient (Wildman–Crippen LogP) is 1.97. The van der Waals surface area contributed by atoms with Gasteiger partial charge in [0.15, 0.2) is 0 Å². The van der Waals surface area contributed by atoms with Gasteiger partial charge in [0.05, 0.1) is 0 Å². The van der Waals surface area contributed by atoms with Gasteiger partial charge in [-0.05, 0) is 6.42 Å². The SMILES string of the molecule is CCC.CCCO.N.